The van der Waals surface area contributed by atoms with Gasteiger partial charge in [0.1, 0.15) is 5.82 Å². The van der Waals surface area contributed by atoms with Crippen molar-refractivity contribution in [3.8, 4) is 11.1 Å². The molecular weight excluding hydrogens is 478 g/mol. The first-order valence-electron chi connectivity index (χ1n) is 12.3. The van der Waals surface area contributed by atoms with Crippen LogP contribution in [0.1, 0.15) is 15.9 Å². The summed E-state index contributed by atoms with van der Waals surface area (Å²) in [5, 5.41) is 3.27. The molecule has 0 aliphatic carbocycles. The minimum atomic E-state index is -0.0541. The third kappa shape index (κ3) is 5.41. The third-order valence-corrected chi connectivity index (χ3v) is 6.39. The summed E-state index contributed by atoms with van der Waals surface area (Å²) < 4.78 is 0. The molecule has 3 N–H and O–H groups in total. The summed E-state index contributed by atoms with van der Waals surface area (Å²) in [5.74, 6) is 0.625. The molecule has 2 aromatic heterocycles. The Hall–Kier alpha value is -4.92. The number of nitrogen functional groups attached to an aromatic ring is 1. The summed E-state index contributed by atoms with van der Waals surface area (Å²) in [5.41, 5.74) is 11.5. The molecule has 0 saturated carbocycles. The molecule has 1 fully saturated rings. The number of hydrogen-bond donors (Lipinski definition) is 2. The van der Waals surface area contributed by atoms with Crippen LogP contribution in [0.4, 0.5) is 27.7 Å². The third-order valence-electron chi connectivity index (χ3n) is 6.39. The van der Waals surface area contributed by atoms with Crippen LogP contribution >= 0.6 is 0 Å². The highest BCUT2D eigenvalue weighted by Gasteiger charge is 2.29. The lowest BCUT2D eigenvalue weighted by molar-refractivity contribution is 0.0827. The molecule has 3 heterocycles. The molecule has 0 radical (unpaired) electrons. The Kier molecular flexibility index (Phi) is 6.90. The van der Waals surface area contributed by atoms with Crippen LogP contribution in [0, 0.1) is 0 Å². The van der Waals surface area contributed by atoms with Crippen LogP contribution < -0.4 is 16.0 Å². The molecule has 0 bridgehead atoms. The number of anilines is 4. The first kappa shape index (κ1) is 24.8. The van der Waals surface area contributed by atoms with Crippen molar-refractivity contribution >= 4 is 34.8 Å². The van der Waals surface area contributed by atoms with Crippen molar-refractivity contribution in [1.29, 1.82) is 0 Å². The van der Waals surface area contributed by atoms with Crippen molar-refractivity contribution in [3.05, 3.63) is 96.4 Å². The van der Waals surface area contributed by atoms with E-state index in [0.29, 0.717) is 36.7 Å². The zero-order chi connectivity index (χ0) is 26.6. The van der Waals surface area contributed by atoms with Gasteiger partial charge in [0.25, 0.3) is 5.91 Å². The minimum absolute atomic E-state index is 0.0322. The molecule has 4 aromatic rings. The van der Waals surface area contributed by atoms with Crippen molar-refractivity contribution in [1.82, 2.24) is 19.8 Å². The predicted molar refractivity (Wildman–Crippen MR) is 149 cm³/mol. The molecule has 1 aliphatic heterocycles. The van der Waals surface area contributed by atoms with Gasteiger partial charge < -0.3 is 20.9 Å². The van der Waals surface area contributed by atoms with E-state index in [1.807, 2.05) is 71.6 Å². The van der Waals surface area contributed by atoms with Crippen LogP contribution in [0.3, 0.4) is 0 Å². The normalized spacial score (nSPS) is 13.1. The zero-order valence-electron chi connectivity index (χ0n) is 21.3. The monoisotopic (exact) mass is 507 g/mol. The van der Waals surface area contributed by atoms with E-state index in [0.717, 1.165) is 28.1 Å². The Morgan fingerprint density at radius 3 is 2.37 bits per heavy atom. The minimum Gasteiger partial charge on any atom is -0.399 e. The number of rotatable bonds is 7. The van der Waals surface area contributed by atoms with Gasteiger partial charge in [-0.3, -0.25) is 14.7 Å². The number of pyridine rings is 2. The van der Waals surface area contributed by atoms with Gasteiger partial charge in [-0.05, 0) is 53.6 Å². The summed E-state index contributed by atoms with van der Waals surface area (Å²) >= 11 is 0. The predicted octanol–water partition coefficient (Wildman–Crippen LogP) is 4.61. The van der Waals surface area contributed by atoms with Gasteiger partial charge >= 0.3 is 6.03 Å². The Labute approximate surface area is 221 Å². The lowest BCUT2D eigenvalue weighted by Gasteiger charge is -2.19. The van der Waals surface area contributed by atoms with E-state index in [1.165, 1.54) is 0 Å². The molecule has 9 heteroatoms. The van der Waals surface area contributed by atoms with Gasteiger partial charge in [-0.2, -0.15) is 0 Å². The van der Waals surface area contributed by atoms with Gasteiger partial charge in [0, 0.05) is 56.7 Å². The molecule has 5 rings (SSSR count). The SMILES string of the molecule is CN(C)C(=O)c1ccc(-c2ccc(Nc3cncc(N4CCN(Cc5ccc(N)cc5)C4=O)c3)nc2)cc1. The van der Waals surface area contributed by atoms with Gasteiger partial charge in [-0.15, -0.1) is 0 Å². The van der Waals surface area contributed by atoms with Crippen molar-refractivity contribution in [3.63, 3.8) is 0 Å². The fraction of sp³-hybridized carbons (Fsp3) is 0.172. The molecule has 0 atom stereocenters. The van der Waals surface area contributed by atoms with Crippen molar-refractivity contribution in [2.45, 2.75) is 6.54 Å². The van der Waals surface area contributed by atoms with Gasteiger partial charge in [0.2, 0.25) is 0 Å². The van der Waals surface area contributed by atoms with Crippen molar-refractivity contribution < 1.29 is 9.59 Å². The van der Waals surface area contributed by atoms with Crippen LogP contribution in [0.5, 0.6) is 0 Å². The zero-order valence-corrected chi connectivity index (χ0v) is 21.3. The lowest BCUT2D eigenvalue weighted by atomic mass is 10.1. The Bertz CT molecular complexity index is 1440. The Morgan fingerprint density at radius 1 is 0.947 bits per heavy atom. The molecule has 3 amide bonds. The van der Waals surface area contributed by atoms with Crippen LogP contribution in [-0.4, -0.2) is 58.9 Å². The summed E-state index contributed by atoms with van der Waals surface area (Å²) in [6, 6.07) is 20.7. The number of benzene rings is 2. The fourth-order valence-corrected chi connectivity index (χ4v) is 4.31. The number of hydrogen-bond acceptors (Lipinski definition) is 6. The molecule has 1 saturated heterocycles. The number of urea groups is 1. The molecule has 192 valence electrons. The fourth-order valence-electron chi connectivity index (χ4n) is 4.31. The maximum atomic E-state index is 13.1. The van der Waals surface area contributed by atoms with E-state index in [1.54, 1.807) is 42.5 Å². The Morgan fingerprint density at radius 2 is 1.68 bits per heavy atom. The maximum Gasteiger partial charge on any atom is 0.324 e. The van der Waals surface area contributed by atoms with E-state index >= 15 is 0 Å². The topological polar surface area (TPSA) is 108 Å². The van der Waals surface area contributed by atoms with E-state index in [-0.39, 0.29) is 11.9 Å². The van der Waals surface area contributed by atoms with Crippen molar-refractivity contribution in [2.24, 2.45) is 0 Å². The molecule has 38 heavy (non-hydrogen) atoms. The number of aromatic nitrogens is 2. The molecule has 9 nitrogen and oxygen atoms in total. The smallest absolute Gasteiger partial charge is 0.324 e. The number of carbonyl (C=O) groups excluding carboxylic acids is 2. The van der Waals surface area contributed by atoms with E-state index in [2.05, 4.69) is 15.3 Å². The molecular formula is C29H29N7O2. The van der Waals surface area contributed by atoms with Gasteiger partial charge in [-0.1, -0.05) is 24.3 Å². The number of carbonyl (C=O) groups is 2. The average Bonchev–Trinajstić information content (AvgIpc) is 3.30. The molecule has 2 aromatic carbocycles. The molecule has 0 spiro atoms. The number of nitrogens with zero attached hydrogens (tertiary/aromatic N) is 5. The summed E-state index contributed by atoms with van der Waals surface area (Å²) in [4.78, 5) is 39.1. The Balaban J connectivity index is 1.23. The van der Waals surface area contributed by atoms with Gasteiger partial charge in [-0.25, -0.2) is 9.78 Å². The maximum absolute atomic E-state index is 13.1. The first-order valence-corrected chi connectivity index (χ1v) is 12.3. The second-order valence-corrected chi connectivity index (χ2v) is 9.36. The number of nitrogens with two attached hydrogens (primary N) is 1. The molecule has 0 unspecified atom stereocenters. The first-order chi connectivity index (χ1) is 18.4. The highest BCUT2D eigenvalue weighted by Crippen LogP contribution is 2.26. The van der Waals surface area contributed by atoms with E-state index in [9.17, 15) is 9.59 Å². The summed E-state index contributed by atoms with van der Waals surface area (Å²) in [7, 11) is 3.47. The quantitative estimate of drug-likeness (QED) is 0.354. The van der Waals surface area contributed by atoms with Crippen molar-refractivity contribution in [2.75, 3.05) is 43.1 Å². The van der Waals surface area contributed by atoms with E-state index < -0.39 is 0 Å². The van der Waals surface area contributed by atoms with Crippen LogP contribution in [-0.2, 0) is 6.54 Å². The standard InChI is InChI=1S/C29H29N7O2/c1-34(2)28(37)22-7-5-21(6-8-22)23-9-12-27(32-16-23)33-25-15-26(18-31-17-25)36-14-13-35(29(36)38)19-20-3-10-24(30)11-4-20/h3-12,15-18H,13-14,19,30H2,1-2H3,(H,32,33). The second-order valence-electron chi connectivity index (χ2n) is 9.36. The van der Waals surface area contributed by atoms with Crippen LogP contribution in [0.25, 0.3) is 11.1 Å². The highest BCUT2D eigenvalue weighted by molar-refractivity contribution is 5.95. The number of amides is 3. The van der Waals surface area contributed by atoms with Gasteiger partial charge in [0.05, 0.1) is 23.8 Å². The second kappa shape index (κ2) is 10.6. The van der Waals surface area contributed by atoms with E-state index in [4.69, 9.17) is 5.73 Å². The summed E-state index contributed by atoms with van der Waals surface area (Å²) in [6.45, 7) is 1.75. The highest BCUT2D eigenvalue weighted by atomic mass is 16.2. The molecule has 1 aliphatic rings. The number of nitrogens with one attached hydrogen (secondary N) is 1. The van der Waals surface area contributed by atoms with Crippen LogP contribution in [0.15, 0.2) is 85.3 Å². The average molecular weight is 508 g/mol. The lowest BCUT2D eigenvalue weighted by Crippen LogP contribution is -2.31. The summed E-state index contributed by atoms with van der Waals surface area (Å²) in [6.07, 6.45) is 5.17. The largest absolute Gasteiger partial charge is 0.399 e. The van der Waals surface area contributed by atoms with Crippen LogP contribution in [0.2, 0.25) is 0 Å². The van der Waals surface area contributed by atoms with Gasteiger partial charge in [0.15, 0.2) is 0 Å².